The number of aromatic amines is 1. The van der Waals surface area contributed by atoms with Crippen LogP contribution in [-0.2, 0) is 21.4 Å². The largest absolute Gasteiger partial charge is 0.354 e. The van der Waals surface area contributed by atoms with Gasteiger partial charge in [-0.3, -0.25) is 28.8 Å². The Morgan fingerprint density at radius 1 is 0.915 bits per heavy atom. The van der Waals surface area contributed by atoms with Crippen molar-refractivity contribution in [3.05, 3.63) is 93.4 Å². The standard InChI is InChI=1S/C35H38N6O5S/c42-31-17-32(39-10-12-40(13-11-39)33(43)35-18-24-14-25(19-35)16-26(15-24)20-35)41(34(44)37-31)22-23-4-6-28(7-5-23)38-47(45,46)30-3-1-2-27-21-36-9-8-29(27)30/h1-9,17,21,24-26,38H,10-16,18-20,22H2,(H,37,42,44). The summed E-state index contributed by atoms with van der Waals surface area (Å²) in [5, 5.41) is 1.30. The van der Waals surface area contributed by atoms with Crippen LogP contribution in [0.2, 0.25) is 0 Å². The molecule has 3 heterocycles. The van der Waals surface area contributed by atoms with Crippen molar-refractivity contribution in [2.75, 3.05) is 35.8 Å². The molecule has 0 spiro atoms. The van der Waals surface area contributed by atoms with Crippen LogP contribution in [0.25, 0.3) is 10.8 Å². The number of nitrogens with zero attached hydrogens (tertiary/aromatic N) is 4. The quantitative estimate of drug-likeness (QED) is 0.309. The number of carbonyl (C=O) groups is 1. The van der Waals surface area contributed by atoms with Crippen LogP contribution in [0.3, 0.4) is 0 Å². The second-order valence-corrected chi connectivity index (χ2v) is 15.7. The van der Waals surface area contributed by atoms with Gasteiger partial charge in [0.25, 0.3) is 15.6 Å². The average Bonchev–Trinajstić information content (AvgIpc) is 3.05. The minimum atomic E-state index is -3.88. The van der Waals surface area contributed by atoms with Gasteiger partial charge >= 0.3 is 5.69 Å². The first-order chi connectivity index (χ1) is 22.7. The number of benzene rings is 2. The van der Waals surface area contributed by atoms with Gasteiger partial charge in [-0.1, -0.05) is 24.3 Å². The summed E-state index contributed by atoms with van der Waals surface area (Å²) in [6, 6.07) is 15.0. The predicted molar refractivity (Wildman–Crippen MR) is 179 cm³/mol. The molecule has 12 heteroatoms. The molecule has 0 atom stereocenters. The fourth-order valence-corrected chi connectivity index (χ4v) is 10.5. The van der Waals surface area contributed by atoms with E-state index < -0.39 is 21.3 Å². The molecule has 2 aromatic heterocycles. The lowest BCUT2D eigenvalue weighted by molar-refractivity contribution is -0.158. The summed E-state index contributed by atoms with van der Waals surface area (Å²) in [5.41, 5.74) is -0.0312. The Kier molecular flexibility index (Phi) is 7.23. The van der Waals surface area contributed by atoms with Crippen LogP contribution in [-0.4, -0.2) is 59.9 Å². The van der Waals surface area contributed by atoms with Crippen LogP contribution in [0.5, 0.6) is 0 Å². The Morgan fingerprint density at radius 3 is 2.28 bits per heavy atom. The third kappa shape index (κ3) is 5.52. The lowest BCUT2D eigenvalue weighted by Crippen LogP contribution is -2.58. The molecular weight excluding hydrogens is 616 g/mol. The van der Waals surface area contributed by atoms with Gasteiger partial charge in [-0.2, -0.15) is 0 Å². The second kappa shape index (κ2) is 11.4. The number of sulfonamides is 1. The number of nitrogens with one attached hydrogen (secondary N) is 2. The van der Waals surface area contributed by atoms with E-state index >= 15 is 0 Å². The van der Waals surface area contributed by atoms with E-state index in [0.717, 1.165) is 30.2 Å². The molecular formula is C35H38N6O5S. The fraction of sp³-hybridized carbons (Fsp3) is 0.429. The molecule has 4 saturated carbocycles. The van der Waals surface area contributed by atoms with Crippen LogP contribution in [0.4, 0.5) is 11.5 Å². The minimum absolute atomic E-state index is 0.158. The molecule has 5 aliphatic rings. The molecule has 2 N–H and O–H groups in total. The monoisotopic (exact) mass is 654 g/mol. The average molecular weight is 655 g/mol. The molecule has 244 valence electrons. The Morgan fingerprint density at radius 2 is 1.60 bits per heavy atom. The molecule has 0 unspecified atom stereocenters. The van der Waals surface area contributed by atoms with E-state index in [9.17, 15) is 22.8 Å². The molecule has 0 radical (unpaired) electrons. The van der Waals surface area contributed by atoms with Crippen LogP contribution in [0, 0.1) is 23.2 Å². The van der Waals surface area contributed by atoms with Crippen molar-refractivity contribution in [3.8, 4) is 0 Å². The maximum atomic E-state index is 13.9. The van der Waals surface area contributed by atoms with Gasteiger partial charge in [-0.15, -0.1) is 0 Å². The Balaban J connectivity index is 0.968. The first-order valence-electron chi connectivity index (χ1n) is 16.5. The fourth-order valence-electron chi connectivity index (χ4n) is 9.17. The first kappa shape index (κ1) is 29.9. The predicted octanol–water partition coefficient (Wildman–Crippen LogP) is 3.80. The number of carbonyl (C=O) groups excluding carboxylic acids is 1. The molecule has 1 amide bonds. The van der Waals surface area contributed by atoms with Gasteiger partial charge in [-0.05, 0) is 86.1 Å². The summed E-state index contributed by atoms with van der Waals surface area (Å²) < 4.78 is 30.7. The van der Waals surface area contributed by atoms with Crippen LogP contribution in [0.15, 0.2) is 81.5 Å². The number of hydrogen-bond acceptors (Lipinski definition) is 7. The summed E-state index contributed by atoms with van der Waals surface area (Å²) in [6.45, 7) is 2.37. The minimum Gasteiger partial charge on any atom is -0.354 e. The van der Waals surface area contributed by atoms with Crippen molar-refractivity contribution in [1.82, 2.24) is 19.4 Å². The van der Waals surface area contributed by atoms with E-state index in [-0.39, 0.29) is 16.9 Å². The molecule has 1 saturated heterocycles. The summed E-state index contributed by atoms with van der Waals surface area (Å²) >= 11 is 0. The van der Waals surface area contributed by atoms with Gasteiger partial charge < -0.3 is 9.80 Å². The topological polar surface area (TPSA) is 137 Å². The summed E-state index contributed by atoms with van der Waals surface area (Å²) in [6.07, 6.45) is 10.2. The number of hydrogen-bond donors (Lipinski definition) is 2. The zero-order valence-electron chi connectivity index (χ0n) is 26.1. The van der Waals surface area contributed by atoms with Crippen LogP contribution in [0.1, 0.15) is 44.1 Å². The molecule has 47 heavy (non-hydrogen) atoms. The van der Waals surface area contributed by atoms with Crippen molar-refractivity contribution >= 4 is 38.2 Å². The third-order valence-electron chi connectivity index (χ3n) is 10.9. The number of H-pyrrole nitrogens is 1. The molecule has 4 bridgehead atoms. The first-order valence-corrected chi connectivity index (χ1v) is 18.0. The highest BCUT2D eigenvalue weighted by atomic mass is 32.2. The number of piperazine rings is 1. The number of pyridine rings is 1. The number of aromatic nitrogens is 3. The number of anilines is 2. The molecule has 11 nitrogen and oxygen atoms in total. The lowest BCUT2D eigenvalue weighted by Gasteiger charge is -2.57. The van der Waals surface area contributed by atoms with Gasteiger partial charge in [-0.25, -0.2) is 13.2 Å². The van der Waals surface area contributed by atoms with E-state index in [4.69, 9.17) is 0 Å². The SMILES string of the molecule is O=C(N1CCN(c2cc(=O)[nH]c(=O)n2Cc2ccc(NS(=O)(=O)c3cccc4cnccc34)cc2)CC1)C12CC3CC(CC(C3)C1)C2. The molecule has 9 rings (SSSR count). The van der Waals surface area contributed by atoms with E-state index in [1.807, 2.05) is 15.9 Å². The van der Waals surface area contributed by atoms with E-state index in [2.05, 4.69) is 14.7 Å². The number of amides is 1. The smallest absolute Gasteiger partial charge is 0.330 e. The van der Waals surface area contributed by atoms with Gasteiger partial charge in [0.15, 0.2) is 0 Å². The number of fused-ring (bicyclic) bond motifs is 1. The summed E-state index contributed by atoms with van der Waals surface area (Å²) in [7, 11) is -3.88. The Hall–Kier alpha value is -4.45. The van der Waals surface area contributed by atoms with Gasteiger partial charge in [0.1, 0.15) is 5.82 Å². The van der Waals surface area contributed by atoms with Crippen molar-refractivity contribution in [1.29, 1.82) is 0 Å². The Labute approximate surface area is 272 Å². The van der Waals surface area contributed by atoms with Gasteiger partial charge in [0, 0.05) is 61.1 Å². The van der Waals surface area contributed by atoms with Crippen LogP contribution >= 0.6 is 0 Å². The lowest BCUT2D eigenvalue weighted by atomic mass is 9.49. The zero-order valence-corrected chi connectivity index (χ0v) is 26.9. The van der Waals surface area contributed by atoms with Crippen LogP contribution < -0.4 is 20.9 Å². The maximum absolute atomic E-state index is 13.9. The highest BCUT2D eigenvalue weighted by Crippen LogP contribution is 2.60. The van der Waals surface area contributed by atoms with Crippen molar-refractivity contribution in [2.45, 2.75) is 50.0 Å². The second-order valence-electron chi connectivity index (χ2n) is 14.0. The number of rotatable bonds is 7. The third-order valence-corrected chi connectivity index (χ3v) is 12.3. The summed E-state index contributed by atoms with van der Waals surface area (Å²) in [4.78, 5) is 50.1. The van der Waals surface area contributed by atoms with E-state index in [1.165, 1.54) is 29.9 Å². The van der Waals surface area contributed by atoms with Crippen molar-refractivity contribution < 1.29 is 13.2 Å². The molecule has 4 aliphatic carbocycles. The highest BCUT2D eigenvalue weighted by molar-refractivity contribution is 7.93. The van der Waals surface area contributed by atoms with Crippen molar-refractivity contribution in [3.63, 3.8) is 0 Å². The van der Waals surface area contributed by atoms with Crippen molar-refractivity contribution in [2.24, 2.45) is 23.2 Å². The molecule has 5 fully saturated rings. The summed E-state index contributed by atoms with van der Waals surface area (Å²) in [5.74, 6) is 2.93. The van der Waals surface area contributed by atoms with E-state index in [1.54, 1.807) is 54.9 Å². The van der Waals surface area contributed by atoms with E-state index in [0.29, 0.717) is 66.7 Å². The normalized spacial score (nSPS) is 25.3. The zero-order chi connectivity index (χ0) is 32.3. The Bertz CT molecular complexity index is 2040. The molecule has 2 aromatic carbocycles. The molecule has 4 aromatic rings. The maximum Gasteiger partial charge on any atom is 0.330 e. The molecule has 1 aliphatic heterocycles. The van der Waals surface area contributed by atoms with Gasteiger partial charge in [0.05, 0.1) is 16.9 Å². The van der Waals surface area contributed by atoms with Gasteiger partial charge in [0.2, 0.25) is 5.91 Å². The highest BCUT2D eigenvalue weighted by Gasteiger charge is 2.55.